The number of morpholine rings is 1. The van der Waals surface area contributed by atoms with Gasteiger partial charge in [-0.2, -0.15) is 0 Å². The minimum Gasteiger partial charge on any atom is -0.378 e. The van der Waals surface area contributed by atoms with Crippen LogP contribution in [0.4, 0.5) is 17.2 Å². The number of rotatable bonds is 6. The Morgan fingerprint density at radius 3 is 2.32 bits per heavy atom. The van der Waals surface area contributed by atoms with Gasteiger partial charge in [0.15, 0.2) is 11.5 Å². The first-order valence-electron chi connectivity index (χ1n) is 14.8. The lowest BCUT2D eigenvalue weighted by Gasteiger charge is -2.26. The quantitative estimate of drug-likeness (QED) is 0.236. The van der Waals surface area contributed by atoms with Crippen molar-refractivity contribution in [1.82, 2.24) is 19.3 Å². The number of imidazole rings is 1. The fourth-order valence-corrected chi connectivity index (χ4v) is 5.17. The number of anilines is 3. The Morgan fingerprint density at radius 1 is 0.909 bits per heavy atom. The van der Waals surface area contributed by atoms with Gasteiger partial charge in [-0.25, -0.2) is 9.97 Å². The molecule has 0 saturated carbocycles. The Bertz CT molecular complexity index is 1810. The van der Waals surface area contributed by atoms with Crippen molar-refractivity contribution >= 4 is 34.7 Å². The number of hydrogen-bond donors (Lipinski definition) is 2. The van der Waals surface area contributed by atoms with Gasteiger partial charge in [0.25, 0.3) is 11.8 Å². The summed E-state index contributed by atoms with van der Waals surface area (Å²) in [5, 5.41) is 6.45. The monoisotopic (exact) mass is 588 g/mol. The topological polar surface area (TPSA) is 101 Å². The Balaban J connectivity index is 1.23. The molecule has 224 valence electrons. The first-order chi connectivity index (χ1) is 21.2. The zero-order chi connectivity index (χ0) is 30.8. The van der Waals surface area contributed by atoms with Crippen LogP contribution >= 0.6 is 0 Å². The maximum absolute atomic E-state index is 13.2. The Kier molecular flexibility index (Phi) is 7.88. The van der Waals surface area contributed by atoms with E-state index in [4.69, 9.17) is 9.72 Å². The van der Waals surface area contributed by atoms with Crippen LogP contribution in [0.2, 0.25) is 0 Å². The molecule has 0 bridgehead atoms. The minimum absolute atomic E-state index is 0.000178. The third-order valence-electron chi connectivity index (χ3n) is 7.86. The number of benzene rings is 3. The van der Waals surface area contributed by atoms with E-state index in [0.717, 1.165) is 22.5 Å². The third kappa shape index (κ3) is 6.18. The fourth-order valence-electron chi connectivity index (χ4n) is 5.17. The molecule has 5 aromatic rings. The molecular formula is C35H36N6O3. The molecule has 9 heteroatoms. The molecule has 1 fully saturated rings. The lowest BCUT2D eigenvalue weighted by molar-refractivity contribution is 0.0303. The second kappa shape index (κ2) is 11.9. The Labute approximate surface area is 256 Å². The summed E-state index contributed by atoms with van der Waals surface area (Å²) in [4.78, 5) is 37.2. The minimum atomic E-state index is -0.165. The maximum atomic E-state index is 13.2. The van der Waals surface area contributed by atoms with Crippen LogP contribution in [0.15, 0.2) is 85.3 Å². The van der Waals surface area contributed by atoms with Crippen LogP contribution in [0, 0.1) is 6.92 Å². The van der Waals surface area contributed by atoms with Crippen LogP contribution in [-0.2, 0) is 10.2 Å². The molecule has 2 aromatic heterocycles. The molecule has 0 spiro atoms. The number of fused-ring (bicyclic) bond motifs is 1. The molecule has 2 amide bonds. The van der Waals surface area contributed by atoms with E-state index < -0.39 is 0 Å². The van der Waals surface area contributed by atoms with Crippen molar-refractivity contribution in [1.29, 1.82) is 0 Å². The summed E-state index contributed by atoms with van der Waals surface area (Å²) >= 11 is 0. The standard InChI is InChI=1S/C35H36N6O3/c1-23-5-6-26(21-29(23)39-33(42)24-7-11-27(12-8-24)35(2,3)4)30-22-41-16-15-36-32(41)31(38-30)37-28-13-9-25(10-14-28)34(43)40-17-19-44-20-18-40/h5-16,21-22H,17-20H2,1-4H3,(H,37,38)(H,39,42). The molecule has 9 nitrogen and oxygen atoms in total. The maximum Gasteiger partial charge on any atom is 0.255 e. The molecule has 2 N–H and O–H groups in total. The lowest BCUT2D eigenvalue weighted by Crippen LogP contribution is -2.40. The zero-order valence-corrected chi connectivity index (χ0v) is 25.4. The van der Waals surface area contributed by atoms with Crippen molar-refractivity contribution < 1.29 is 14.3 Å². The molecule has 0 atom stereocenters. The van der Waals surface area contributed by atoms with E-state index in [1.165, 1.54) is 5.56 Å². The molecule has 44 heavy (non-hydrogen) atoms. The molecule has 0 unspecified atom stereocenters. The summed E-state index contributed by atoms with van der Waals surface area (Å²) in [6.07, 6.45) is 5.51. The van der Waals surface area contributed by atoms with Gasteiger partial charge in [-0.15, -0.1) is 0 Å². The smallest absolute Gasteiger partial charge is 0.255 e. The second-order valence-electron chi connectivity index (χ2n) is 12.1. The van der Waals surface area contributed by atoms with Crippen LogP contribution in [0.3, 0.4) is 0 Å². The van der Waals surface area contributed by atoms with Crippen LogP contribution in [0.5, 0.6) is 0 Å². The number of ether oxygens (including phenoxy) is 1. The van der Waals surface area contributed by atoms with E-state index in [1.807, 2.05) is 95.3 Å². The highest BCUT2D eigenvalue weighted by Crippen LogP contribution is 2.29. The molecule has 1 saturated heterocycles. The Morgan fingerprint density at radius 2 is 1.61 bits per heavy atom. The number of carbonyl (C=O) groups is 2. The molecule has 0 radical (unpaired) electrons. The van der Waals surface area contributed by atoms with Crippen molar-refractivity contribution in [2.75, 3.05) is 36.9 Å². The predicted octanol–water partition coefficient (Wildman–Crippen LogP) is 6.47. The summed E-state index contributed by atoms with van der Waals surface area (Å²) < 4.78 is 7.28. The number of carbonyl (C=O) groups excluding carboxylic acids is 2. The van der Waals surface area contributed by atoms with Crippen molar-refractivity contribution in [3.8, 4) is 11.3 Å². The summed E-state index contributed by atoms with van der Waals surface area (Å²) in [7, 11) is 0. The summed E-state index contributed by atoms with van der Waals surface area (Å²) in [5.74, 6) is 0.409. The van der Waals surface area contributed by atoms with E-state index in [2.05, 4.69) is 36.4 Å². The fraction of sp³-hybridized carbons (Fsp3) is 0.257. The predicted molar refractivity (Wildman–Crippen MR) is 173 cm³/mol. The summed E-state index contributed by atoms with van der Waals surface area (Å²) in [6.45, 7) is 10.7. The number of nitrogens with zero attached hydrogens (tertiary/aromatic N) is 4. The van der Waals surface area contributed by atoms with Crippen LogP contribution in [0.1, 0.15) is 52.6 Å². The third-order valence-corrected chi connectivity index (χ3v) is 7.86. The highest BCUT2D eigenvalue weighted by atomic mass is 16.5. The average Bonchev–Trinajstić information content (AvgIpc) is 3.51. The lowest BCUT2D eigenvalue weighted by atomic mass is 9.86. The molecule has 0 aliphatic carbocycles. The SMILES string of the molecule is Cc1ccc(-c2cn3ccnc3c(Nc3ccc(C(=O)N4CCOCC4)cc3)n2)cc1NC(=O)c1ccc(C(C)(C)C)cc1. The van der Waals surface area contributed by atoms with Crippen LogP contribution < -0.4 is 10.6 Å². The zero-order valence-electron chi connectivity index (χ0n) is 25.4. The van der Waals surface area contributed by atoms with E-state index in [9.17, 15) is 9.59 Å². The van der Waals surface area contributed by atoms with Gasteiger partial charge < -0.3 is 24.7 Å². The van der Waals surface area contributed by atoms with E-state index in [-0.39, 0.29) is 17.2 Å². The van der Waals surface area contributed by atoms with Gasteiger partial charge in [0.1, 0.15) is 0 Å². The van der Waals surface area contributed by atoms with Crippen molar-refractivity contribution in [3.05, 3.63) is 108 Å². The van der Waals surface area contributed by atoms with Crippen molar-refractivity contribution in [2.45, 2.75) is 33.1 Å². The van der Waals surface area contributed by atoms with E-state index >= 15 is 0 Å². The molecule has 3 heterocycles. The molecule has 3 aromatic carbocycles. The van der Waals surface area contributed by atoms with E-state index in [0.29, 0.717) is 54.6 Å². The number of nitrogens with one attached hydrogen (secondary N) is 2. The summed E-state index contributed by atoms with van der Waals surface area (Å²) in [6, 6.07) is 21.0. The molecular weight excluding hydrogens is 552 g/mol. The number of aromatic nitrogens is 3. The van der Waals surface area contributed by atoms with Gasteiger partial charge in [-0.3, -0.25) is 9.59 Å². The van der Waals surface area contributed by atoms with Gasteiger partial charge >= 0.3 is 0 Å². The normalized spacial score (nSPS) is 13.6. The first kappa shape index (κ1) is 29.1. The van der Waals surface area contributed by atoms with Crippen LogP contribution in [-0.4, -0.2) is 57.4 Å². The molecule has 6 rings (SSSR count). The molecule has 1 aliphatic rings. The van der Waals surface area contributed by atoms with Crippen molar-refractivity contribution in [3.63, 3.8) is 0 Å². The van der Waals surface area contributed by atoms with Gasteiger partial charge in [0.2, 0.25) is 0 Å². The second-order valence-corrected chi connectivity index (χ2v) is 12.1. The highest BCUT2D eigenvalue weighted by Gasteiger charge is 2.19. The Hall–Kier alpha value is -5.02. The number of aryl methyl sites for hydroxylation is 1. The van der Waals surface area contributed by atoms with Gasteiger partial charge in [0.05, 0.1) is 18.9 Å². The highest BCUT2D eigenvalue weighted by molar-refractivity contribution is 6.05. The first-order valence-corrected chi connectivity index (χ1v) is 14.8. The molecule has 1 aliphatic heterocycles. The summed E-state index contributed by atoms with van der Waals surface area (Å²) in [5.41, 5.74) is 7.10. The number of hydrogen-bond acceptors (Lipinski definition) is 6. The van der Waals surface area contributed by atoms with Crippen molar-refractivity contribution in [2.24, 2.45) is 0 Å². The average molecular weight is 589 g/mol. The number of amides is 2. The largest absolute Gasteiger partial charge is 0.378 e. The van der Waals surface area contributed by atoms with E-state index in [1.54, 1.807) is 6.20 Å². The van der Waals surface area contributed by atoms with Gasteiger partial charge in [0, 0.05) is 59.7 Å². The van der Waals surface area contributed by atoms with Gasteiger partial charge in [-0.05, 0) is 65.9 Å². The van der Waals surface area contributed by atoms with Crippen LogP contribution in [0.25, 0.3) is 16.9 Å². The van der Waals surface area contributed by atoms with Gasteiger partial charge in [-0.1, -0.05) is 45.0 Å².